The van der Waals surface area contributed by atoms with E-state index in [0.717, 1.165) is 37.8 Å². The summed E-state index contributed by atoms with van der Waals surface area (Å²) in [6.07, 6.45) is 2.89. The molecule has 1 atom stereocenters. The molecule has 1 aromatic carbocycles. The molecule has 1 unspecified atom stereocenters. The largest absolute Gasteiger partial charge is 0.294 e. The molecular formula is C23H26ClF2NO. The van der Waals surface area contributed by atoms with E-state index in [2.05, 4.69) is 11.9 Å². The Morgan fingerprint density at radius 3 is 2.39 bits per heavy atom. The molecule has 1 aliphatic carbocycles. The maximum Gasteiger partial charge on any atom is 0.280 e. The summed E-state index contributed by atoms with van der Waals surface area (Å²) < 4.78 is 25.8. The van der Waals surface area contributed by atoms with Gasteiger partial charge in [-0.05, 0) is 73.9 Å². The molecule has 1 aromatic heterocycles. The fraction of sp³-hybridized carbons (Fsp3) is 0.478. The SMILES string of the molecule is CCC(CC(=O)c1ccc(Cl)cc1)C1CCC(c2cccc(C(F)F)n2)CC1. The molecule has 0 aliphatic heterocycles. The number of hydrogen-bond acceptors (Lipinski definition) is 2. The first-order valence-corrected chi connectivity index (χ1v) is 10.4. The lowest BCUT2D eigenvalue weighted by Gasteiger charge is -2.33. The van der Waals surface area contributed by atoms with Gasteiger partial charge in [0.05, 0.1) is 0 Å². The van der Waals surface area contributed by atoms with Crippen LogP contribution in [0.4, 0.5) is 8.78 Å². The van der Waals surface area contributed by atoms with Crippen molar-refractivity contribution in [2.24, 2.45) is 11.8 Å². The fourth-order valence-electron chi connectivity index (χ4n) is 4.34. The van der Waals surface area contributed by atoms with Crippen molar-refractivity contribution in [3.05, 3.63) is 64.4 Å². The van der Waals surface area contributed by atoms with Crippen molar-refractivity contribution in [1.29, 1.82) is 0 Å². The summed E-state index contributed by atoms with van der Waals surface area (Å²) in [6, 6.07) is 12.0. The Morgan fingerprint density at radius 1 is 1.11 bits per heavy atom. The van der Waals surface area contributed by atoms with Gasteiger partial charge in [0, 0.05) is 28.6 Å². The van der Waals surface area contributed by atoms with Gasteiger partial charge in [0.25, 0.3) is 6.43 Å². The van der Waals surface area contributed by atoms with Crippen LogP contribution in [0.25, 0.3) is 0 Å². The Kier molecular flexibility index (Phi) is 7.17. The Bertz CT molecular complexity index is 785. The zero-order valence-electron chi connectivity index (χ0n) is 16.1. The number of carbonyl (C=O) groups is 1. The molecule has 2 nitrogen and oxygen atoms in total. The smallest absolute Gasteiger partial charge is 0.280 e. The Labute approximate surface area is 170 Å². The Hall–Kier alpha value is -1.81. The van der Waals surface area contributed by atoms with E-state index in [9.17, 15) is 13.6 Å². The molecule has 5 heteroatoms. The number of hydrogen-bond donors (Lipinski definition) is 0. The van der Waals surface area contributed by atoms with Gasteiger partial charge < -0.3 is 0 Å². The molecule has 1 aliphatic rings. The summed E-state index contributed by atoms with van der Waals surface area (Å²) >= 11 is 5.90. The molecule has 0 spiro atoms. The molecule has 28 heavy (non-hydrogen) atoms. The standard InChI is InChI=1S/C23H26ClF2NO/c1-2-15(14-22(28)18-10-12-19(24)13-11-18)16-6-8-17(9-7-16)20-4-3-5-21(27-20)23(25)26/h3-5,10-13,15-17,23H,2,6-9,14H2,1H3. The first kappa shape index (κ1) is 20.9. The second-order valence-electron chi connectivity index (χ2n) is 7.70. The summed E-state index contributed by atoms with van der Waals surface area (Å²) in [5.74, 6) is 1.25. The Morgan fingerprint density at radius 2 is 1.79 bits per heavy atom. The summed E-state index contributed by atoms with van der Waals surface area (Å²) in [7, 11) is 0. The van der Waals surface area contributed by atoms with Gasteiger partial charge in [0.2, 0.25) is 0 Å². The molecule has 0 bridgehead atoms. The highest BCUT2D eigenvalue weighted by molar-refractivity contribution is 6.30. The van der Waals surface area contributed by atoms with Crippen molar-refractivity contribution in [3.8, 4) is 0 Å². The summed E-state index contributed by atoms with van der Waals surface area (Å²) in [5.41, 5.74) is 1.35. The number of halogens is 3. The van der Waals surface area contributed by atoms with Crippen LogP contribution in [0.1, 0.15) is 79.5 Å². The van der Waals surface area contributed by atoms with Crippen LogP contribution in [0.15, 0.2) is 42.5 Å². The number of nitrogens with zero attached hydrogens (tertiary/aromatic N) is 1. The second kappa shape index (κ2) is 9.60. The topological polar surface area (TPSA) is 30.0 Å². The van der Waals surface area contributed by atoms with Crippen LogP contribution in [0, 0.1) is 11.8 Å². The normalized spacial score (nSPS) is 20.9. The van der Waals surface area contributed by atoms with Crippen molar-refractivity contribution < 1.29 is 13.6 Å². The molecule has 1 saturated carbocycles. The second-order valence-corrected chi connectivity index (χ2v) is 8.14. The minimum atomic E-state index is -2.53. The average Bonchev–Trinajstić information content (AvgIpc) is 2.72. The first-order valence-electron chi connectivity index (χ1n) is 10.0. The van der Waals surface area contributed by atoms with Crippen LogP contribution in [0.3, 0.4) is 0 Å². The maximum absolute atomic E-state index is 12.9. The van der Waals surface area contributed by atoms with Crippen LogP contribution < -0.4 is 0 Å². The first-order chi connectivity index (χ1) is 13.5. The fourth-order valence-corrected chi connectivity index (χ4v) is 4.47. The maximum atomic E-state index is 12.9. The van der Waals surface area contributed by atoms with Crippen molar-refractivity contribution in [3.63, 3.8) is 0 Å². The number of pyridine rings is 1. The van der Waals surface area contributed by atoms with Gasteiger partial charge in [-0.3, -0.25) is 9.78 Å². The Balaban J connectivity index is 1.58. The molecular weight excluding hydrogens is 380 g/mol. The highest BCUT2D eigenvalue weighted by Crippen LogP contribution is 2.40. The number of rotatable bonds is 7. The van der Waals surface area contributed by atoms with E-state index in [-0.39, 0.29) is 17.4 Å². The van der Waals surface area contributed by atoms with Gasteiger partial charge in [-0.2, -0.15) is 0 Å². The third kappa shape index (κ3) is 5.16. The van der Waals surface area contributed by atoms with Crippen molar-refractivity contribution in [2.45, 2.75) is 57.8 Å². The quantitative estimate of drug-likeness (QED) is 0.454. The van der Waals surface area contributed by atoms with Gasteiger partial charge in [-0.1, -0.05) is 31.0 Å². The summed E-state index contributed by atoms with van der Waals surface area (Å²) in [4.78, 5) is 16.8. The van der Waals surface area contributed by atoms with Crippen LogP contribution in [0.5, 0.6) is 0 Å². The third-order valence-electron chi connectivity index (χ3n) is 6.01. The van der Waals surface area contributed by atoms with Crippen molar-refractivity contribution in [2.75, 3.05) is 0 Å². The molecule has 0 saturated heterocycles. The lowest BCUT2D eigenvalue weighted by Crippen LogP contribution is -2.23. The zero-order chi connectivity index (χ0) is 20.1. The average molecular weight is 406 g/mol. The number of aromatic nitrogens is 1. The van der Waals surface area contributed by atoms with Gasteiger partial charge in [-0.15, -0.1) is 0 Å². The molecule has 1 fully saturated rings. The van der Waals surface area contributed by atoms with Gasteiger partial charge in [0.15, 0.2) is 5.78 Å². The summed E-state index contributed by atoms with van der Waals surface area (Å²) in [6.45, 7) is 2.14. The summed E-state index contributed by atoms with van der Waals surface area (Å²) in [5, 5.41) is 0.631. The van der Waals surface area contributed by atoms with E-state index >= 15 is 0 Å². The molecule has 3 rings (SSSR count). The minimum Gasteiger partial charge on any atom is -0.294 e. The van der Waals surface area contributed by atoms with Crippen LogP contribution in [-0.2, 0) is 0 Å². The van der Waals surface area contributed by atoms with Gasteiger partial charge >= 0.3 is 0 Å². The lowest BCUT2D eigenvalue weighted by atomic mass is 9.72. The predicted molar refractivity (Wildman–Crippen MR) is 108 cm³/mol. The van der Waals surface area contributed by atoms with E-state index in [1.807, 2.05) is 6.07 Å². The van der Waals surface area contributed by atoms with E-state index < -0.39 is 6.43 Å². The van der Waals surface area contributed by atoms with Crippen LogP contribution >= 0.6 is 11.6 Å². The minimum absolute atomic E-state index is 0.139. The van der Waals surface area contributed by atoms with Crippen molar-refractivity contribution in [1.82, 2.24) is 4.98 Å². The number of benzene rings is 1. The van der Waals surface area contributed by atoms with Gasteiger partial charge in [-0.25, -0.2) is 8.78 Å². The number of alkyl halides is 2. The van der Waals surface area contributed by atoms with E-state index in [1.165, 1.54) is 6.07 Å². The molecule has 0 radical (unpaired) electrons. The predicted octanol–water partition coefficient (Wildman–Crippen LogP) is 7.25. The zero-order valence-corrected chi connectivity index (χ0v) is 16.8. The number of ketones is 1. The molecule has 2 aromatic rings. The molecule has 0 amide bonds. The van der Waals surface area contributed by atoms with E-state index in [1.54, 1.807) is 30.3 Å². The number of carbonyl (C=O) groups excluding carboxylic acids is 1. The lowest BCUT2D eigenvalue weighted by molar-refractivity contribution is 0.0925. The molecule has 0 N–H and O–H groups in total. The van der Waals surface area contributed by atoms with Gasteiger partial charge in [0.1, 0.15) is 5.69 Å². The van der Waals surface area contributed by atoms with E-state index in [4.69, 9.17) is 11.6 Å². The van der Waals surface area contributed by atoms with E-state index in [0.29, 0.717) is 28.8 Å². The van der Waals surface area contributed by atoms with Crippen molar-refractivity contribution >= 4 is 17.4 Å². The third-order valence-corrected chi connectivity index (χ3v) is 6.26. The highest BCUT2D eigenvalue weighted by Gasteiger charge is 2.29. The van der Waals surface area contributed by atoms with Crippen LogP contribution in [0.2, 0.25) is 5.02 Å². The molecule has 150 valence electrons. The number of Topliss-reactive ketones (excluding diaryl/α,β-unsaturated/α-hetero) is 1. The monoisotopic (exact) mass is 405 g/mol. The van der Waals surface area contributed by atoms with Crippen LogP contribution in [-0.4, -0.2) is 10.8 Å². The molecule has 1 heterocycles. The highest BCUT2D eigenvalue weighted by atomic mass is 35.5.